The first kappa shape index (κ1) is 9.86. The zero-order valence-electron chi connectivity index (χ0n) is 7.15. The largest absolute Gasteiger partial charge is 0.325 e. The molecule has 1 saturated heterocycles. The van der Waals surface area contributed by atoms with Crippen LogP contribution < -0.4 is 11.1 Å². The van der Waals surface area contributed by atoms with E-state index in [1.807, 2.05) is 0 Å². The summed E-state index contributed by atoms with van der Waals surface area (Å²) in [4.78, 5) is 0. The molecule has 0 spiro atoms. The minimum atomic E-state index is -2.27. The third kappa shape index (κ3) is 3.03. The van der Waals surface area contributed by atoms with E-state index in [4.69, 9.17) is 5.73 Å². The van der Waals surface area contributed by atoms with Crippen molar-refractivity contribution >= 4 is 0 Å². The maximum atomic E-state index is 12.1. The van der Waals surface area contributed by atoms with Crippen LogP contribution in [0.3, 0.4) is 0 Å². The second-order valence-corrected chi connectivity index (χ2v) is 3.56. The number of rotatable bonds is 2. The Balaban J connectivity index is 2.42. The van der Waals surface area contributed by atoms with Crippen LogP contribution in [-0.4, -0.2) is 25.1 Å². The van der Waals surface area contributed by atoms with E-state index in [-0.39, 0.29) is 6.42 Å². The number of hydrogen-bond acceptors (Lipinski definition) is 2. The zero-order valence-corrected chi connectivity index (χ0v) is 7.15. The normalized spacial score (nSPS) is 32.0. The van der Waals surface area contributed by atoms with Gasteiger partial charge in [-0.3, -0.25) is 0 Å². The van der Waals surface area contributed by atoms with Gasteiger partial charge in [0.2, 0.25) is 6.43 Å². The maximum absolute atomic E-state index is 12.1. The highest BCUT2D eigenvalue weighted by atomic mass is 19.3. The topological polar surface area (TPSA) is 38.0 Å². The van der Waals surface area contributed by atoms with E-state index >= 15 is 0 Å². The minimum absolute atomic E-state index is 0.158. The molecule has 0 aromatic carbocycles. The summed E-state index contributed by atoms with van der Waals surface area (Å²) in [7, 11) is 0. The number of nitrogens with one attached hydrogen (secondary N) is 1. The fraction of sp³-hybridized carbons (Fsp3) is 1.00. The van der Waals surface area contributed by atoms with Gasteiger partial charge < -0.3 is 11.1 Å². The zero-order chi connectivity index (χ0) is 9.03. The Hall–Kier alpha value is -0.220. The first-order valence-electron chi connectivity index (χ1n) is 4.40. The molecule has 3 N–H and O–H groups in total. The third-order valence-corrected chi connectivity index (χ3v) is 2.39. The quantitative estimate of drug-likeness (QED) is 0.664. The lowest BCUT2D eigenvalue weighted by atomic mass is 9.88. The second-order valence-electron chi connectivity index (χ2n) is 3.56. The number of nitrogens with two attached hydrogens (primary N) is 1. The van der Waals surface area contributed by atoms with Gasteiger partial charge in [-0.1, -0.05) is 0 Å². The monoisotopic (exact) mass is 178 g/mol. The van der Waals surface area contributed by atoms with Crippen LogP contribution in [0.1, 0.15) is 25.7 Å². The van der Waals surface area contributed by atoms with Gasteiger partial charge in [0, 0.05) is 12.0 Å². The van der Waals surface area contributed by atoms with E-state index in [0.717, 1.165) is 19.5 Å². The van der Waals surface area contributed by atoms with Crippen molar-refractivity contribution in [3.05, 3.63) is 0 Å². The van der Waals surface area contributed by atoms with Crippen LogP contribution in [-0.2, 0) is 0 Å². The Bertz CT molecular complexity index is 131. The number of halogens is 2. The van der Waals surface area contributed by atoms with Crippen molar-refractivity contribution in [3.63, 3.8) is 0 Å². The third-order valence-electron chi connectivity index (χ3n) is 2.39. The molecule has 2 nitrogen and oxygen atoms in total. The summed E-state index contributed by atoms with van der Waals surface area (Å²) in [5.41, 5.74) is 5.21. The van der Waals surface area contributed by atoms with E-state index in [2.05, 4.69) is 5.32 Å². The molecule has 1 atom stereocenters. The Morgan fingerprint density at radius 3 is 2.75 bits per heavy atom. The summed E-state index contributed by atoms with van der Waals surface area (Å²) in [6, 6.07) is 0. The first-order valence-corrected chi connectivity index (χ1v) is 4.40. The number of hydrogen-bond donors (Lipinski definition) is 2. The van der Waals surface area contributed by atoms with Crippen molar-refractivity contribution in [2.75, 3.05) is 13.1 Å². The standard InChI is InChI=1S/C8H16F2N2/c9-7(10)6-8(11)2-1-4-12-5-3-8/h7,12H,1-6,11H2. The predicted molar refractivity (Wildman–Crippen MR) is 44.3 cm³/mol. The molecule has 1 aliphatic heterocycles. The Morgan fingerprint density at radius 1 is 1.33 bits per heavy atom. The molecule has 72 valence electrons. The molecule has 0 amide bonds. The fourth-order valence-corrected chi connectivity index (χ4v) is 1.66. The van der Waals surface area contributed by atoms with Crippen molar-refractivity contribution in [3.8, 4) is 0 Å². The molecule has 0 aromatic heterocycles. The van der Waals surface area contributed by atoms with E-state index in [9.17, 15) is 8.78 Å². The van der Waals surface area contributed by atoms with Crippen LogP contribution in [0.15, 0.2) is 0 Å². The average Bonchev–Trinajstić information content (AvgIpc) is 2.12. The molecule has 0 bridgehead atoms. The molecular weight excluding hydrogens is 162 g/mol. The second kappa shape index (κ2) is 4.14. The summed E-state index contributed by atoms with van der Waals surface area (Å²) >= 11 is 0. The number of alkyl halides is 2. The lowest BCUT2D eigenvalue weighted by Gasteiger charge is -2.27. The molecule has 1 fully saturated rings. The fourth-order valence-electron chi connectivity index (χ4n) is 1.66. The molecule has 1 rings (SSSR count). The molecule has 12 heavy (non-hydrogen) atoms. The van der Waals surface area contributed by atoms with E-state index in [0.29, 0.717) is 12.8 Å². The molecule has 0 aromatic rings. The van der Waals surface area contributed by atoms with Crippen molar-refractivity contribution in [1.82, 2.24) is 5.32 Å². The molecular formula is C8H16F2N2. The van der Waals surface area contributed by atoms with E-state index < -0.39 is 12.0 Å². The summed E-state index contributed by atoms with van der Waals surface area (Å²) in [6.45, 7) is 1.67. The highest BCUT2D eigenvalue weighted by Gasteiger charge is 2.29. The van der Waals surface area contributed by atoms with Gasteiger partial charge in [-0.05, 0) is 32.4 Å². The van der Waals surface area contributed by atoms with Crippen molar-refractivity contribution < 1.29 is 8.78 Å². The highest BCUT2D eigenvalue weighted by Crippen LogP contribution is 2.23. The summed E-state index contributed by atoms with van der Waals surface area (Å²) in [5.74, 6) is 0. The molecule has 0 radical (unpaired) electrons. The van der Waals surface area contributed by atoms with Crippen LogP contribution in [0.2, 0.25) is 0 Å². The highest BCUT2D eigenvalue weighted by molar-refractivity contribution is 4.87. The van der Waals surface area contributed by atoms with Crippen LogP contribution in [0.25, 0.3) is 0 Å². The molecule has 0 saturated carbocycles. The first-order chi connectivity index (χ1) is 5.62. The Labute approximate surface area is 71.5 Å². The molecule has 1 aliphatic rings. The predicted octanol–water partition coefficient (Wildman–Crippen LogP) is 1.11. The van der Waals surface area contributed by atoms with Gasteiger partial charge in [-0.2, -0.15) is 0 Å². The average molecular weight is 178 g/mol. The molecule has 0 aliphatic carbocycles. The van der Waals surface area contributed by atoms with Gasteiger partial charge in [0.05, 0.1) is 0 Å². The smallest absolute Gasteiger partial charge is 0.240 e. The van der Waals surface area contributed by atoms with E-state index in [1.54, 1.807) is 0 Å². The Morgan fingerprint density at radius 2 is 2.08 bits per heavy atom. The maximum Gasteiger partial charge on any atom is 0.240 e. The summed E-state index contributed by atoms with van der Waals surface area (Å²) < 4.78 is 24.2. The van der Waals surface area contributed by atoms with Crippen LogP contribution in [0, 0.1) is 0 Å². The summed E-state index contributed by atoms with van der Waals surface area (Å²) in [5, 5.41) is 3.15. The van der Waals surface area contributed by atoms with Crippen LogP contribution in [0.4, 0.5) is 8.78 Å². The van der Waals surface area contributed by atoms with Gasteiger partial charge >= 0.3 is 0 Å². The van der Waals surface area contributed by atoms with E-state index in [1.165, 1.54) is 0 Å². The lowest BCUT2D eigenvalue weighted by molar-refractivity contribution is 0.0998. The lowest BCUT2D eigenvalue weighted by Crippen LogP contribution is -2.42. The van der Waals surface area contributed by atoms with Gasteiger partial charge in [0.15, 0.2) is 0 Å². The SMILES string of the molecule is NC1(CC(F)F)CCCNCC1. The van der Waals surface area contributed by atoms with Gasteiger partial charge in [0.25, 0.3) is 0 Å². The molecule has 1 heterocycles. The molecule has 1 unspecified atom stereocenters. The van der Waals surface area contributed by atoms with Crippen molar-refractivity contribution in [2.24, 2.45) is 5.73 Å². The van der Waals surface area contributed by atoms with Crippen LogP contribution >= 0.6 is 0 Å². The summed E-state index contributed by atoms with van der Waals surface area (Å²) in [6.07, 6.45) is -0.146. The van der Waals surface area contributed by atoms with Crippen molar-refractivity contribution in [2.45, 2.75) is 37.6 Å². The van der Waals surface area contributed by atoms with Crippen LogP contribution in [0.5, 0.6) is 0 Å². The van der Waals surface area contributed by atoms with Crippen molar-refractivity contribution in [1.29, 1.82) is 0 Å². The van der Waals surface area contributed by atoms with Gasteiger partial charge in [0.1, 0.15) is 0 Å². The molecule has 4 heteroatoms. The minimum Gasteiger partial charge on any atom is -0.325 e. The van der Waals surface area contributed by atoms with Gasteiger partial charge in [-0.15, -0.1) is 0 Å². The van der Waals surface area contributed by atoms with Gasteiger partial charge in [-0.25, -0.2) is 8.78 Å². The Kier molecular flexibility index (Phi) is 3.40.